The van der Waals surface area contributed by atoms with Gasteiger partial charge in [0.1, 0.15) is 11.8 Å². The zero-order valence-electron chi connectivity index (χ0n) is 31.8. The highest BCUT2D eigenvalue weighted by Crippen LogP contribution is 2.40. The van der Waals surface area contributed by atoms with Crippen LogP contribution in [0.4, 0.5) is 16.3 Å². The van der Waals surface area contributed by atoms with Gasteiger partial charge in [-0.2, -0.15) is 10.3 Å². The Kier molecular flexibility index (Phi) is 10.1. The SMILES string of the molecule is N#Cc1ccc(OC2CCC(NC(=O)c3ccc(N4CCC(CN5CC6CC(C5)N6c5ccc6c(c5)C(=O)N(N5CCC(=O)NC5=O)C6=O)CC4)nn3)CC2)cc1Cl. The molecule has 7 aliphatic rings. The van der Waals surface area contributed by atoms with Gasteiger partial charge in [0.2, 0.25) is 5.91 Å². The Morgan fingerprint density at radius 2 is 1.66 bits per heavy atom. The summed E-state index contributed by atoms with van der Waals surface area (Å²) in [4.78, 5) is 70.7. The minimum atomic E-state index is -0.773. The Morgan fingerprint density at radius 3 is 2.34 bits per heavy atom. The van der Waals surface area contributed by atoms with Gasteiger partial charge in [-0.1, -0.05) is 11.6 Å². The molecule has 17 heteroatoms. The lowest BCUT2D eigenvalue weighted by molar-refractivity contribution is -0.122. The van der Waals surface area contributed by atoms with Crippen LogP contribution in [0.15, 0.2) is 48.5 Å². The highest BCUT2D eigenvalue weighted by molar-refractivity contribution is 6.31. The first-order valence-corrected chi connectivity index (χ1v) is 20.4. The number of nitriles is 1. The number of halogens is 1. The fraction of sp³-hybridized carbons (Fsp3) is 0.463. The summed E-state index contributed by atoms with van der Waals surface area (Å²) in [6, 6.07) is 16.0. The van der Waals surface area contributed by atoms with E-state index in [1.807, 2.05) is 12.1 Å². The molecule has 2 aromatic carbocycles. The third-order valence-electron chi connectivity index (χ3n) is 12.4. The van der Waals surface area contributed by atoms with Gasteiger partial charge in [-0.3, -0.25) is 29.4 Å². The summed E-state index contributed by atoms with van der Waals surface area (Å²) in [6.45, 7) is 4.57. The van der Waals surface area contributed by atoms with Crippen molar-refractivity contribution in [3.05, 3.63) is 75.9 Å². The molecule has 6 aliphatic heterocycles. The molecule has 300 valence electrons. The van der Waals surface area contributed by atoms with E-state index in [0.29, 0.717) is 40.0 Å². The molecule has 7 heterocycles. The van der Waals surface area contributed by atoms with Crippen molar-refractivity contribution >= 4 is 52.8 Å². The molecule has 16 nitrogen and oxygen atoms in total. The van der Waals surface area contributed by atoms with E-state index in [4.69, 9.17) is 21.6 Å². The number of nitrogens with one attached hydrogen (secondary N) is 2. The van der Waals surface area contributed by atoms with E-state index >= 15 is 0 Å². The maximum Gasteiger partial charge on any atom is 0.343 e. The summed E-state index contributed by atoms with van der Waals surface area (Å²) in [6.07, 6.45) is 6.32. The van der Waals surface area contributed by atoms with Gasteiger partial charge in [0.25, 0.3) is 17.7 Å². The van der Waals surface area contributed by atoms with Gasteiger partial charge >= 0.3 is 6.03 Å². The first kappa shape index (κ1) is 37.8. The molecule has 1 saturated carbocycles. The molecule has 58 heavy (non-hydrogen) atoms. The van der Waals surface area contributed by atoms with Crippen molar-refractivity contribution in [3.8, 4) is 11.8 Å². The number of hydrogen-bond donors (Lipinski definition) is 2. The van der Waals surface area contributed by atoms with Crippen molar-refractivity contribution in [1.82, 2.24) is 35.7 Å². The largest absolute Gasteiger partial charge is 0.490 e. The number of aromatic nitrogens is 2. The molecule has 10 rings (SSSR count). The third kappa shape index (κ3) is 7.28. The van der Waals surface area contributed by atoms with Gasteiger partial charge in [0.15, 0.2) is 11.5 Å². The number of anilines is 2. The van der Waals surface area contributed by atoms with Crippen molar-refractivity contribution in [2.75, 3.05) is 49.1 Å². The number of urea groups is 1. The summed E-state index contributed by atoms with van der Waals surface area (Å²) >= 11 is 6.15. The first-order valence-electron chi connectivity index (χ1n) is 20.0. The first-order chi connectivity index (χ1) is 28.1. The highest BCUT2D eigenvalue weighted by Gasteiger charge is 2.47. The summed E-state index contributed by atoms with van der Waals surface area (Å²) in [5, 5.41) is 25.3. The lowest BCUT2D eigenvalue weighted by Gasteiger charge is -2.58. The standard InChI is InChI=1S/C41H43ClN10O6/c42-34-19-31(5-1-25(34)20-43)58-30-6-2-26(3-7-30)44-38(54)35-9-10-36(47-46-35)49-14-11-24(12-15-49)21-48-22-28-17-29(23-48)51(28)27-4-8-32-33(18-27)40(56)52(39(32)55)50-16-13-37(53)45-41(50)57/h1,4-5,8-10,18-19,24,26,28-30H,2-3,6-7,11-17,21-23H2,(H,44,54)(H,45,53,57). The maximum absolute atomic E-state index is 13.4. The van der Waals surface area contributed by atoms with Gasteiger partial charge in [0, 0.05) is 69.0 Å². The average molecular weight is 807 g/mol. The van der Waals surface area contributed by atoms with E-state index in [1.165, 1.54) is 0 Å². The molecular weight excluding hydrogens is 764 g/mol. The van der Waals surface area contributed by atoms with Gasteiger partial charge in [-0.15, -0.1) is 10.2 Å². The quantitative estimate of drug-likeness (QED) is 0.299. The van der Waals surface area contributed by atoms with Crippen LogP contribution in [0.3, 0.4) is 0 Å². The van der Waals surface area contributed by atoms with E-state index in [9.17, 15) is 24.0 Å². The molecule has 0 spiro atoms. The zero-order chi connectivity index (χ0) is 40.1. The van der Waals surface area contributed by atoms with Crippen molar-refractivity contribution < 1.29 is 28.7 Å². The second kappa shape index (κ2) is 15.5. The molecule has 3 aromatic rings. The van der Waals surface area contributed by atoms with Crippen molar-refractivity contribution in [1.29, 1.82) is 5.26 Å². The topological polar surface area (TPSA) is 184 Å². The molecule has 2 unspecified atom stereocenters. The van der Waals surface area contributed by atoms with E-state index in [1.54, 1.807) is 36.4 Å². The van der Waals surface area contributed by atoms with Crippen LogP contribution < -0.4 is 25.2 Å². The minimum absolute atomic E-state index is 0.0171. The summed E-state index contributed by atoms with van der Waals surface area (Å²) in [7, 11) is 0. The molecule has 6 amide bonds. The number of carbonyl (C=O) groups excluding carboxylic acids is 5. The molecule has 1 aromatic heterocycles. The van der Waals surface area contributed by atoms with E-state index in [-0.39, 0.29) is 42.1 Å². The summed E-state index contributed by atoms with van der Waals surface area (Å²) in [5.41, 5.74) is 2.15. The van der Waals surface area contributed by atoms with Crippen LogP contribution in [0.2, 0.25) is 5.02 Å². The predicted octanol–water partition coefficient (Wildman–Crippen LogP) is 3.75. The van der Waals surface area contributed by atoms with Crippen molar-refractivity contribution in [2.24, 2.45) is 5.92 Å². The molecular formula is C41H43ClN10O6. The monoisotopic (exact) mass is 806 g/mol. The fourth-order valence-corrected chi connectivity index (χ4v) is 9.58. The van der Waals surface area contributed by atoms with Crippen LogP contribution in [-0.2, 0) is 4.79 Å². The number of hydrazine groups is 1. The molecule has 2 bridgehead atoms. The lowest BCUT2D eigenvalue weighted by Crippen LogP contribution is -2.69. The van der Waals surface area contributed by atoms with Crippen LogP contribution in [0.25, 0.3) is 0 Å². The predicted molar refractivity (Wildman–Crippen MR) is 210 cm³/mol. The number of nitrogens with zero attached hydrogens (tertiary/aromatic N) is 8. The van der Waals surface area contributed by atoms with Gasteiger partial charge < -0.3 is 19.9 Å². The fourth-order valence-electron chi connectivity index (χ4n) is 9.37. The van der Waals surface area contributed by atoms with E-state index in [0.717, 1.165) is 99.2 Å². The summed E-state index contributed by atoms with van der Waals surface area (Å²) < 4.78 is 6.08. The van der Waals surface area contributed by atoms with E-state index in [2.05, 4.69) is 41.6 Å². The number of carbonyl (C=O) groups is 5. The smallest absolute Gasteiger partial charge is 0.343 e. The molecule has 0 radical (unpaired) electrons. The Balaban J connectivity index is 0.713. The Hall–Kier alpha value is -5.79. The number of rotatable bonds is 9. The number of piperidine rings is 2. The Bertz CT molecular complexity index is 2190. The number of piperazine rings is 1. The second-order valence-corrected chi connectivity index (χ2v) is 16.5. The number of fused-ring (bicyclic) bond motifs is 3. The number of amides is 6. The highest BCUT2D eigenvalue weighted by atomic mass is 35.5. The van der Waals surface area contributed by atoms with Gasteiger partial charge in [-0.05, 0) is 93.3 Å². The van der Waals surface area contributed by atoms with Gasteiger partial charge in [-0.25, -0.2) is 9.80 Å². The maximum atomic E-state index is 13.4. The van der Waals surface area contributed by atoms with Crippen LogP contribution in [0, 0.1) is 17.2 Å². The summed E-state index contributed by atoms with van der Waals surface area (Å²) in [5.74, 6) is 0.195. The van der Waals surface area contributed by atoms with Crippen LogP contribution >= 0.6 is 11.6 Å². The minimum Gasteiger partial charge on any atom is -0.490 e. The lowest BCUT2D eigenvalue weighted by atomic mass is 9.85. The molecule has 2 N–H and O–H groups in total. The molecule has 6 fully saturated rings. The van der Waals surface area contributed by atoms with Crippen molar-refractivity contribution in [3.63, 3.8) is 0 Å². The number of ether oxygens (including phenoxy) is 1. The van der Waals surface area contributed by atoms with Crippen LogP contribution in [0.5, 0.6) is 5.75 Å². The Labute approximate surface area is 340 Å². The van der Waals surface area contributed by atoms with Crippen LogP contribution in [-0.4, -0.2) is 118 Å². The van der Waals surface area contributed by atoms with Crippen LogP contribution in [0.1, 0.15) is 88.1 Å². The number of hydrogen-bond acceptors (Lipinski definition) is 12. The Morgan fingerprint density at radius 1 is 0.897 bits per heavy atom. The molecule has 2 atom stereocenters. The second-order valence-electron chi connectivity index (χ2n) is 16.1. The zero-order valence-corrected chi connectivity index (χ0v) is 32.6. The molecule has 5 saturated heterocycles. The normalized spacial score (nSPS) is 24.9. The third-order valence-corrected chi connectivity index (χ3v) is 12.7. The molecule has 1 aliphatic carbocycles. The number of imide groups is 2. The average Bonchev–Trinajstić information content (AvgIpc) is 3.47. The number of benzene rings is 2. The van der Waals surface area contributed by atoms with E-state index < -0.39 is 23.8 Å². The van der Waals surface area contributed by atoms with Crippen molar-refractivity contribution in [2.45, 2.75) is 75.6 Å². The van der Waals surface area contributed by atoms with Gasteiger partial charge in [0.05, 0.1) is 34.4 Å².